The van der Waals surface area contributed by atoms with Gasteiger partial charge >= 0.3 is 0 Å². The minimum Gasteiger partial charge on any atom is -0.352 e. The highest BCUT2D eigenvalue weighted by Crippen LogP contribution is 2.18. The van der Waals surface area contributed by atoms with E-state index in [1.807, 2.05) is 60.7 Å². The standard InChI is InChI=1S/C28H28N4O3/c1-3-29-27(34)23-18-32(16-14-20-9-5-4-6-10-20)19-24(26(23)33)28(35)31(2)17-21-11-7-13-25-22(21)12-8-15-30-25/h4-13,15,18-19H,3,14,16-17H2,1-2H3,(H,29,34). The van der Waals surface area contributed by atoms with Crippen LogP contribution in [0.3, 0.4) is 0 Å². The number of nitrogens with zero attached hydrogens (tertiary/aromatic N) is 3. The van der Waals surface area contributed by atoms with Crippen LogP contribution in [0.1, 0.15) is 38.8 Å². The fourth-order valence-electron chi connectivity index (χ4n) is 4.07. The zero-order valence-electron chi connectivity index (χ0n) is 19.9. The van der Waals surface area contributed by atoms with Crippen molar-refractivity contribution in [2.24, 2.45) is 0 Å². The lowest BCUT2D eigenvalue weighted by atomic mass is 10.1. The minimum atomic E-state index is -0.566. The van der Waals surface area contributed by atoms with Crippen molar-refractivity contribution in [1.82, 2.24) is 19.8 Å². The van der Waals surface area contributed by atoms with Gasteiger partial charge in [0.25, 0.3) is 11.8 Å². The average Bonchev–Trinajstić information content (AvgIpc) is 2.88. The first-order valence-corrected chi connectivity index (χ1v) is 11.6. The van der Waals surface area contributed by atoms with Gasteiger partial charge in [0.2, 0.25) is 5.43 Å². The van der Waals surface area contributed by atoms with Gasteiger partial charge in [0.05, 0.1) is 5.52 Å². The summed E-state index contributed by atoms with van der Waals surface area (Å²) in [5.41, 5.74) is 2.27. The number of carbonyl (C=O) groups excluding carboxylic acids is 2. The molecule has 0 saturated heterocycles. The summed E-state index contributed by atoms with van der Waals surface area (Å²) < 4.78 is 1.75. The Morgan fingerprint density at radius 2 is 1.74 bits per heavy atom. The molecule has 7 heteroatoms. The number of carbonyl (C=O) groups is 2. The second kappa shape index (κ2) is 10.8. The number of benzene rings is 2. The zero-order chi connectivity index (χ0) is 24.8. The average molecular weight is 469 g/mol. The molecule has 178 valence electrons. The number of aryl methyl sites for hydroxylation is 2. The predicted octanol–water partition coefficient (Wildman–Crippen LogP) is 3.66. The van der Waals surface area contributed by atoms with Crippen LogP contribution in [-0.2, 0) is 19.5 Å². The monoisotopic (exact) mass is 468 g/mol. The molecule has 0 saturated carbocycles. The van der Waals surface area contributed by atoms with Crippen molar-refractivity contribution in [3.63, 3.8) is 0 Å². The van der Waals surface area contributed by atoms with Crippen molar-refractivity contribution < 1.29 is 9.59 Å². The van der Waals surface area contributed by atoms with Crippen LogP contribution >= 0.6 is 0 Å². The molecular formula is C28H28N4O3. The van der Waals surface area contributed by atoms with E-state index in [4.69, 9.17) is 0 Å². The SMILES string of the molecule is CCNC(=O)c1cn(CCc2ccccc2)cc(C(=O)N(C)Cc2cccc3ncccc23)c1=O. The lowest BCUT2D eigenvalue weighted by Crippen LogP contribution is -2.36. The Balaban J connectivity index is 1.65. The molecule has 0 aliphatic rings. The van der Waals surface area contributed by atoms with Crippen molar-refractivity contribution in [3.05, 3.63) is 112 Å². The summed E-state index contributed by atoms with van der Waals surface area (Å²) in [6.07, 6.45) is 5.51. The van der Waals surface area contributed by atoms with Gasteiger partial charge in [-0.05, 0) is 36.6 Å². The Labute approximate surface area is 204 Å². The fourth-order valence-corrected chi connectivity index (χ4v) is 4.07. The first kappa shape index (κ1) is 23.9. The summed E-state index contributed by atoms with van der Waals surface area (Å²) in [6, 6.07) is 19.5. The summed E-state index contributed by atoms with van der Waals surface area (Å²) in [7, 11) is 1.66. The van der Waals surface area contributed by atoms with Crippen LogP contribution in [0, 0.1) is 0 Å². The normalized spacial score (nSPS) is 10.8. The first-order valence-electron chi connectivity index (χ1n) is 11.6. The van der Waals surface area contributed by atoms with E-state index in [0.29, 0.717) is 26.1 Å². The molecule has 0 fully saturated rings. The molecule has 7 nitrogen and oxygen atoms in total. The van der Waals surface area contributed by atoms with Crippen LogP contribution in [0.5, 0.6) is 0 Å². The molecule has 4 rings (SSSR count). The largest absolute Gasteiger partial charge is 0.352 e. The fraction of sp³-hybridized carbons (Fsp3) is 0.214. The molecule has 0 unspecified atom stereocenters. The lowest BCUT2D eigenvalue weighted by Gasteiger charge is -2.19. The third kappa shape index (κ3) is 5.46. The van der Waals surface area contributed by atoms with Gasteiger partial charge < -0.3 is 14.8 Å². The summed E-state index contributed by atoms with van der Waals surface area (Å²) in [4.78, 5) is 45.1. The molecule has 0 atom stereocenters. The van der Waals surface area contributed by atoms with E-state index >= 15 is 0 Å². The van der Waals surface area contributed by atoms with E-state index in [-0.39, 0.29) is 11.1 Å². The maximum absolute atomic E-state index is 13.4. The molecule has 4 aromatic rings. The second-order valence-corrected chi connectivity index (χ2v) is 8.40. The van der Waals surface area contributed by atoms with Crippen LogP contribution in [-0.4, -0.2) is 39.9 Å². The maximum Gasteiger partial charge on any atom is 0.259 e. The van der Waals surface area contributed by atoms with Gasteiger partial charge in [-0.2, -0.15) is 0 Å². The van der Waals surface area contributed by atoms with E-state index in [1.165, 1.54) is 11.1 Å². The quantitative estimate of drug-likeness (QED) is 0.428. The highest BCUT2D eigenvalue weighted by Gasteiger charge is 2.22. The van der Waals surface area contributed by atoms with Crippen molar-refractivity contribution >= 4 is 22.7 Å². The number of rotatable bonds is 8. The smallest absolute Gasteiger partial charge is 0.259 e. The molecule has 2 aromatic carbocycles. The number of fused-ring (bicyclic) bond motifs is 1. The summed E-state index contributed by atoms with van der Waals surface area (Å²) >= 11 is 0. The van der Waals surface area contributed by atoms with Gasteiger partial charge in [0.15, 0.2) is 0 Å². The number of pyridine rings is 2. The number of hydrogen-bond acceptors (Lipinski definition) is 4. The second-order valence-electron chi connectivity index (χ2n) is 8.40. The summed E-state index contributed by atoms with van der Waals surface area (Å²) in [5.74, 6) is -0.918. The Hall–Kier alpha value is -4.26. The number of hydrogen-bond donors (Lipinski definition) is 1. The van der Waals surface area contributed by atoms with Crippen molar-refractivity contribution in [2.75, 3.05) is 13.6 Å². The van der Waals surface area contributed by atoms with Crippen molar-refractivity contribution in [3.8, 4) is 0 Å². The molecule has 2 amide bonds. The van der Waals surface area contributed by atoms with E-state index in [0.717, 1.165) is 22.0 Å². The summed E-state index contributed by atoms with van der Waals surface area (Å²) in [5, 5.41) is 3.62. The van der Waals surface area contributed by atoms with Gasteiger partial charge in [-0.3, -0.25) is 19.4 Å². The van der Waals surface area contributed by atoms with Crippen molar-refractivity contribution in [2.45, 2.75) is 26.4 Å². The van der Waals surface area contributed by atoms with Gasteiger partial charge in [0, 0.05) is 50.7 Å². The van der Waals surface area contributed by atoms with Gasteiger partial charge in [-0.15, -0.1) is 0 Å². The van der Waals surface area contributed by atoms with Crippen LogP contribution in [0.15, 0.2) is 84.0 Å². The Kier molecular flexibility index (Phi) is 7.35. The predicted molar refractivity (Wildman–Crippen MR) is 136 cm³/mol. The van der Waals surface area contributed by atoms with E-state index in [2.05, 4.69) is 10.3 Å². The maximum atomic E-state index is 13.4. The number of aromatic nitrogens is 2. The molecule has 0 spiro atoms. The molecule has 2 aromatic heterocycles. The molecule has 0 aliphatic carbocycles. The molecule has 0 aliphatic heterocycles. The molecular weight excluding hydrogens is 440 g/mol. The van der Waals surface area contributed by atoms with Crippen LogP contribution in [0.25, 0.3) is 10.9 Å². The topological polar surface area (TPSA) is 84.3 Å². The Bertz CT molecular complexity index is 1410. The van der Waals surface area contributed by atoms with Gasteiger partial charge in [-0.25, -0.2) is 0 Å². The molecule has 0 radical (unpaired) electrons. The zero-order valence-corrected chi connectivity index (χ0v) is 19.9. The van der Waals surface area contributed by atoms with E-state index in [1.54, 1.807) is 30.9 Å². The molecule has 2 heterocycles. The Morgan fingerprint density at radius 1 is 0.971 bits per heavy atom. The number of amides is 2. The first-order chi connectivity index (χ1) is 17.0. The highest BCUT2D eigenvalue weighted by atomic mass is 16.2. The highest BCUT2D eigenvalue weighted by molar-refractivity contribution is 5.99. The third-order valence-corrected chi connectivity index (χ3v) is 5.88. The van der Waals surface area contributed by atoms with Crippen LogP contribution in [0.4, 0.5) is 0 Å². The molecule has 35 heavy (non-hydrogen) atoms. The molecule has 0 bridgehead atoms. The van der Waals surface area contributed by atoms with Gasteiger partial charge in [-0.1, -0.05) is 48.5 Å². The third-order valence-electron chi connectivity index (χ3n) is 5.88. The van der Waals surface area contributed by atoms with Crippen LogP contribution in [0.2, 0.25) is 0 Å². The van der Waals surface area contributed by atoms with E-state index < -0.39 is 17.2 Å². The summed E-state index contributed by atoms with van der Waals surface area (Å²) in [6.45, 7) is 3.00. The van der Waals surface area contributed by atoms with Gasteiger partial charge in [0.1, 0.15) is 11.1 Å². The minimum absolute atomic E-state index is 0.0253. The molecule has 1 N–H and O–H groups in total. The Morgan fingerprint density at radius 3 is 2.51 bits per heavy atom. The van der Waals surface area contributed by atoms with E-state index in [9.17, 15) is 14.4 Å². The van der Waals surface area contributed by atoms with Crippen LogP contribution < -0.4 is 10.7 Å². The van der Waals surface area contributed by atoms with Crippen molar-refractivity contribution in [1.29, 1.82) is 0 Å². The lowest BCUT2D eigenvalue weighted by molar-refractivity contribution is 0.0783. The number of nitrogens with one attached hydrogen (secondary N) is 1.